The molecule has 0 N–H and O–H groups in total. The molecule has 0 saturated carbocycles. The van der Waals surface area contributed by atoms with Gasteiger partial charge in [0.2, 0.25) is 0 Å². The van der Waals surface area contributed by atoms with Gasteiger partial charge in [0.05, 0.1) is 10.0 Å². The molecule has 1 nitrogen and oxygen atoms in total. The minimum absolute atomic E-state index is 0.400. The van der Waals surface area contributed by atoms with E-state index in [1.165, 1.54) is 0 Å². The van der Waals surface area contributed by atoms with Gasteiger partial charge in [-0.25, -0.2) is 0 Å². The smallest absolute Gasteiger partial charge is 0.157 e. The van der Waals surface area contributed by atoms with Crippen LogP contribution in [0, 0.1) is 0 Å². The molecule has 0 amide bonds. The number of halogens is 3. The van der Waals surface area contributed by atoms with Gasteiger partial charge in [0.15, 0.2) is 5.58 Å². The minimum atomic E-state index is 0.400. The van der Waals surface area contributed by atoms with Gasteiger partial charge in [0.1, 0.15) is 10.6 Å². The molecule has 3 aromatic rings. The van der Waals surface area contributed by atoms with E-state index in [0.29, 0.717) is 20.7 Å². The first-order valence-corrected chi connectivity index (χ1v) is 5.76. The third-order valence-corrected chi connectivity index (χ3v) is 3.56. The van der Waals surface area contributed by atoms with Crippen molar-refractivity contribution in [3.63, 3.8) is 0 Å². The SMILES string of the molecule is Clc1cc(Cl)c2c(oc3ccccc32)c1Cl. The lowest BCUT2D eigenvalue weighted by Gasteiger charge is -1.98. The van der Waals surface area contributed by atoms with E-state index in [4.69, 9.17) is 39.2 Å². The Balaban J connectivity index is 2.64. The summed E-state index contributed by atoms with van der Waals surface area (Å²) >= 11 is 18.2. The van der Waals surface area contributed by atoms with E-state index in [-0.39, 0.29) is 0 Å². The maximum absolute atomic E-state index is 6.15. The molecule has 80 valence electrons. The zero-order valence-corrected chi connectivity index (χ0v) is 10.2. The first kappa shape index (κ1) is 10.3. The van der Waals surface area contributed by atoms with Crippen molar-refractivity contribution in [2.45, 2.75) is 0 Å². The molecule has 16 heavy (non-hydrogen) atoms. The average molecular weight is 272 g/mol. The van der Waals surface area contributed by atoms with Gasteiger partial charge < -0.3 is 4.42 Å². The number of benzene rings is 2. The molecule has 0 radical (unpaired) electrons. The van der Waals surface area contributed by atoms with E-state index in [1.807, 2.05) is 24.3 Å². The third kappa shape index (κ3) is 1.32. The largest absolute Gasteiger partial charge is 0.454 e. The molecule has 2 aromatic carbocycles. The molecule has 0 aliphatic carbocycles. The van der Waals surface area contributed by atoms with Crippen molar-refractivity contribution in [2.75, 3.05) is 0 Å². The van der Waals surface area contributed by atoms with E-state index in [2.05, 4.69) is 0 Å². The van der Waals surface area contributed by atoms with Crippen LogP contribution in [-0.2, 0) is 0 Å². The molecule has 4 heteroatoms. The van der Waals surface area contributed by atoms with Crippen LogP contribution in [0.3, 0.4) is 0 Å². The highest BCUT2D eigenvalue weighted by Crippen LogP contribution is 2.41. The molecule has 0 aliphatic rings. The molecule has 1 heterocycles. The quantitative estimate of drug-likeness (QED) is 0.489. The maximum Gasteiger partial charge on any atom is 0.157 e. The van der Waals surface area contributed by atoms with Gasteiger partial charge >= 0.3 is 0 Å². The first-order valence-electron chi connectivity index (χ1n) is 4.63. The number of hydrogen-bond donors (Lipinski definition) is 0. The van der Waals surface area contributed by atoms with Gasteiger partial charge in [-0.1, -0.05) is 53.0 Å². The van der Waals surface area contributed by atoms with Crippen LogP contribution in [0.5, 0.6) is 0 Å². The lowest BCUT2D eigenvalue weighted by molar-refractivity contribution is 0.669. The van der Waals surface area contributed by atoms with Crippen LogP contribution in [0.4, 0.5) is 0 Å². The van der Waals surface area contributed by atoms with Gasteiger partial charge in [0.25, 0.3) is 0 Å². The molecule has 1 aromatic heterocycles. The summed E-state index contributed by atoms with van der Waals surface area (Å²) in [7, 11) is 0. The topological polar surface area (TPSA) is 13.1 Å². The van der Waals surface area contributed by atoms with Crippen molar-refractivity contribution in [1.29, 1.82) is 0 Å². The molecule has 0 spiro atoms. The van der Waals surface area contributed by atoms with Crippen LogP contribution < -0.4 is 0 Å². The predicted octanol–water partition coefficient (Wildman–Crippen LogP) is 5.55. The molecule has 0 aliphatic heterocycles. The Hall–Kier alpha value is -0.890. The lowest BCUT2D eigenvalue weighted by atomic mass is 10.1. The second kappa shape index (κ2) is 3.56. The lowest BCUT2D eigenvalue weighted by Crippen LogP contribution is -1.73. The Morgan fingerprint density at radius 1 is 0.938 bits per heavy atom. The molecule has 3 rings (SSSR count). The summed E-state index contributed by atoms with van der Waals surface area (Å²) in [4.78, 5) is 0. The summed E-state index contributed by atoms with van der Waals surface area (Å²) in [5.41, 5.74) is 1.30. The van der Waals surface area contributed by atoms with Gasteiger partial charge in [-0.3, -0.25) is 0 Å². The van der Waals surface area contributed by atoms with E-state index < -0.39 is 0 Å². The van der Waals surface area contributed by atoms with Crippen LogP contribution in [0.15, 0.2) is 34.7 Å². The number of hydrogen-bond acceptors (Lipinski definition) is 1. The van der Waals surface area contributed by atoms with Gasteiger partial charge in [0, 0.05) is 10.8 Å². The van der Waals surface area contributed by atoms with E-state index in [9.17, 15) is 0 Å². The van der Waals surface area contributed by atoms with Gasteiger partial charge in [-0.05, 0) is 12.1 Å². The van der Waals surface area contributed by atoms with Crippen LogP contribution in [-0.4, -0.2) is 0 Å². The second-order valence-corrected chi connectivity index (χ2v) is 4.65. The Morgan fingerprint density at radius 2 is 1.69 bits per heavy atom. The molecule has 0 bridgehead atoms. The summed E-state index contributed by atoms with van der Waals surface area (Å²) in [6.45, 7) is 0. The average Bonchev–Trinajstić information content (AvgIpc) is 2.65. The van der Waals surface area contributed by atoms with Crippen LogP contribution in [0.1, 0.15) is 0 Å². The first-order chi connectivity index (χ1) is 7.68. The highest BCUT2D eigenvalue weighted by atomic mass is 35.5. The standard InChI is InChI=1S/C12H5Cl3O/c13-7-5-8(14)11(15)12-10(7)6-3-1-2-4-9(6)16-12/h1-5H. The minimum Gasteiger partial charge on any atom is -0.454 e. The number of para-hydroxylation sites is 1. The molecule has 0 saturated heterocycles. The van der Waals surface area contributed by atoms with Crippen LogP contribution in [0.25, 0.3) is 21.9 Å². The zero-order valence-electron chi connectivity index (χ0n) is 7.93. The molecule has 0 fully saturated rings. The zero-order chi connectivity index (χ0) is 11.3. The van der Waals surface area contributed by atoms with E-state index in [0.717, 1.165) is 16.4 Å². The molecule has 0 unspecified atom stereocenters. The van der Waals surface area contributed by atoms with Gasteiger partial charge in [-0.2, -0.15) is 0 Å². The van der Waals surface area contributed by atoms with Crippen LogP contribution in [0.2, 0.25) is 15.1 Å². The highest BCUT2D eigenvalue weighted by Gasteiger charge is 2.15. The Bertz CT molecular complexity index is 700. The number of rotatable bonds is 0. The third-order valence-electron chi connectivity index (χ3n) is 2.50. The van der Waals surface area contributed by atoms with Crippen molar-refractivity contribution in [3.8, 4) is 0 Å². The summed E-state index contributed by atoms with van der Waals surface area (Å²) < 4.78 is 5.64. The number of furan rings is 1. The Labute approximate surface area is 106 Å². The van der Waals surface area contributed by atoms with Crippen molar-refractivity contribution in [1.82, 2.24) is 0 Å². The summed E-state index contributed by atoms with van der Waals surface area (Å²) in [6.07, 6.45) is 0. The molecule has 0 atom stereocenters. The second-order valence-electron chi connectivity index (χ2n) is 3.46. The Kier molecular flexibility index (Phi) is 2.28. The monoisotopic (exact) mass is 270 g/mol. The van der Waals surface area contributed by atoms with Crippen molar-refractivity contribution in [2.24, 2.45) is 0 Å². The van der Waals surface area contributed by atoms with Crippen molar-refractivity contribution < 1.29 is 4.42 Å². The fraction of sp³-hybridized carbons (Fsp3) is 0. The highest BCUT2D eigenvalue weighted by molar-refractivity contribution is 6.48. The fourth-order valence-electron chi connectivity index (χ4n) is 1.79. The molecular formula is C12H5Cl3O. The van der Waals surface area contributed by atoms with Crippen molar-refractivity contribution in [3.05, 3.63) is 45.4 Å². The van der Waals surface area contributed by atoms with Gasteiger partial charge in [-0.15, -0.1) is 0 Å². The number of fused-ring (bicyclic) bond motifs is 3. The normalized spacial score (nSPS) is 11.4. The Morgan fingerprint density at radius 3 is 2.50 bits per heavy atom. The van der Waals surface area contributed by atoms with E-state index in [1.54, 1.807) is 6.07 Å². The van der Waals surface area contributed by atoms with Crippen LogP contribution >= 0.6 is 34.8 Å². The maximum atomic E-state index is 6.15. The summed E-state index contributed by atoms with van der Waals surface area (Å²) in [5.74, 6) is 0. The van der Waals surface area contributed by atoms with E-state index >= 15 is 0 Å². The molecular weight excluding hydrogens is 266 g/mol. The predicted molar refractivity (Wildman–Crippen MR) is 68.8 cm³/mol. The fourth-order valence-corrected chi connectivity index (χ4v) is 2.53. The van der Waals surface area contributed by atoms with Crippen molar-refractivity contribution >= 4 is 56.7 Å². The summed E-state index contributed by atoms with van der Waals surface area (Å²) in [5, 5.41) is 3.11. The summed E-state index contributed by atoms with van der Waals surface area (Å²) in [6, 6.07) is 9.27.